The van der Waals surface area contributed by atoms with Crippen molar-refractivity contribution in [1.82, 2.24) is 5.32 Å². The Morgan fingerprint density at radius 2 is 2.35 bits per heavy atom. The molecule has 0 saturated carbocycles. The summed E-state index contributed by atoms with van der Waals surface area (Å²) in [5.74, 6) is -0.561. The molecule has 1 aliphatic heterocycles. The van der Waals surface area contributed by atoms with Gasteiger partial charge in [0, 0.05) is 16.7 Å². The van der Waals surface area contributed by atoms with E-state index in [0.29, 0.717) is 22.6 Å². The molecule has 4 nitrogen and oxygen atoms in total. The van der Waals surface area contributed by atoms with Crippen LogP contribution in [0.5, 0.6) is 0 Å². The van der Waals surface area contributed by atoms with Gasteiger partial charge in [0.2, 0.25) is 0 Å². The third-order valence-electron chi connectivity index (χ3n) is 3.39. The number of fused-ring (bicyclic) bond motifs is 1. The van der Waals surface area contributed by atoms with Crippen molar-refractivity contribution < 1.29 is 13.9 Å². The van der Waals surface area contributed by atoms with Crippen molar-refractivity contribution in [3.05, 3.63) is 28.9 Å². The van der Waals surface area contributed by atoms with Crippen molar-refractivity contribution in [1.29, 1.82) is 0 Å². The summed E-state index contributed by atoms with van der Waals surface area (Å²) in [4.78, 5) is 12.7. The number of ether oxygens (including phenoxy) is 1. The summed E-state index contributed by atoms with van der Waals surface area (Å²) in [6, 6.07) is 4.40. The van der Waals surface area contributed by atoms with Gasteiger partial charge in [0.05, 0.1) is 18.3 Å². The molecular weight excluding hydrogens is 279 g/mol. The molecule has 1 amide bonds. The number of thiophene rings is 1. The Morgan fingerprint density at radius 1 is 1.50 bits per heavy atom. The molecule has 1 aromatic carbocycles. The van der Waals surface area contributed by atoms with Crippen molar-refractivity contribution >= 4 is 33.0 Å². The van der Waals surface area contributed by atoms with E-state index in [9.17, 15) is 9.18 Å². The number of carbonyl (C=O) groups is 1. The first kappa shape index (κ1) is 13.3. The zero-order valence-electron chi connectivity index (χ0n) is 10.8. The van der Waals surface area contributed by atoms with Crippen LogP contribution in [0.3, 0.4) is 0 Å². The van der Waals surface area contributed by atoms with Gasteiger partial charge in [-0.25, -0.2) is 4.39 Å². The van der Waals surface area contributed by atoms with E-state index >= 15 is 0 Å². The van der Waals surface area contributed by atoms with Crippen molar-refractivity contribution in [3.63, 3.8) is 0 Å². The second-order valence-electron chi connectivity index (χ2n) is 4.87. The van der Waals surface area contributed by atoms with Crippen LogP contribution in [0.1, 0.15) is 22.5 Å². The zero-order valence-corrected chi connectivity index (χ0v) is 11.6. The van der Waals surface area contributed by atoms with Crippen molar-refractivity contribution in [3.8, 4) is 0 Å². The lowest BCUT2D eigenvalue weighted by Gasteiger charge is -2.22. The molecule has 0 radical (unpaired) electrons. The number of rotatable bonds is 2. The van der Waals surface area contributed by atoms with Crippen LogP contribution >= 0.6 is 11.3 Å². The highest BCUT2D eigenvalue weighted by Crippen LogP contribution is 2.34. The van der Waals surface area contributed by atoms with Gasteiger partial charge in [0.1, 0.15) is 10.7 Å². The average molecular weight is 294 g/mol. The largest absolute Gasteiger partial charge is 0.397 e. The lowest BCUT2D eigenvalue weighted by atomic mass is 10.1. The van der Waals surface area contributed by atoms with Gasteiger partial charge in [-0.2, -0.15) is 0 Å². The van der Waals surface area contributed by atoms with Crippen LogP contribution in [0.4, 0.5) is 10.1 Å². The lowest BCUT2D eigenvalue weighted by molar-refractivity contribution is 0.0626. The maximum atomic E-state index is 13.2. The summed E-state index contributed by atoms with van der Waals surface area (Å²) in [6.07, 6.45) is 1.85. The number of hydrogen-bond acceptors (Lipinski definition) is 4. The predicted molar refractivity (Wildman–Crippen MR) is 77.5 cm³/mol. The van der Waals surface area contributed by atoms with Gasteiger partial charge >= 0.3 is 0 Å². The molecule has 1 saturated heterocycles. The first-order chi connectivity index (χ1) is 9.65. The van der Waals surface area contributed by atoms with E-state index in [1.165, 1.54) is 23.5 Å². The molecule has 1 fully saturated rings. The number of nitrogens with one attached hydrogen (secondary N) is 1. The fourth-order valence-corrected chi connectivity index (χ4v) is 3.37. The minimum atomic E-state index is -0.352. The molecule has 2 heterocycles. The van der Waals surface area contributed by atoms with Crippen LogP contribution in [0.2, 0.25) is 0 Å². The number of nitrogens with two attached hydrogens (primary N) is 1. The molecule has 3 N–H and O–H groups in total. The highest BCUT2D eigenvalue weighted by Gasteiger charge is 2.21. The molecule has 2 aromatic rings. The molecule has 0 spiro atoms. The zero-order chi connectivity index (χ0) is 14.1. The first-order valence-electron chi connectivity index (χ1n) is 6.51. The molecule has 1 aliphatic rings. The van der Waals surface area contributed by atoms with Crippen LogP contribution < -0.4 is 11.1 Å². The van der Waals surface area contributed by atoms with Gasteiger partial charge < -0.3 is 15.8 Å². The standard InChI is InChI=1S/C14H15FN2O2S/c15-8-3-4-11-10(6-8)12(16)13(20-11)14(18)17-9-2-1-5-19-7-9/h3-4,6,9H,1-2,5,7,16H2,(H,17,18). The van der Waals surface area contributed by atoms with Gasteiger partial charge in [-0.1, -0.05) is 0 Å². The second kappa shape index (κ2) is 5.38. The fourth-order valence-electron chi connectivity index (χ4n) is 2.36. The average Bonchev–Trinajstić information content (AvgIpc) is 2.77. The van der Waals surface area contributed by atoms with E-state index < -0.39 is 0 Å². The normalized spacial score (nSPS) is 19.1. The maximum Gasteiger partial charge on any atom is 0.263 e. The van der Waals surface area contributed by atoms with E-state index in [-0.39, 0.29) is 17.8 Å². The molecule has 1 unspecified atom stereocenters. The van der Waals surface area contributed by atoms with Gasteiger partial charge in [-0.15, -0.1) is 11.3 Å². The molecule has 106 valence electrons. The fraction of sp³-hybridized carbons (Fsp3) is 0.357. The number of carbonyl (C=O) groups excluding carboxylic acids is 1. The molecular formula is C14H15FN2O2S. The number of halogens is 1. The summed E-state index contributed by atoms with van der Waals surface area (Å²) < 4.78 is 19.4. The number of hydrogen-bond donors (Lipinski definition) is 2. The molecule has 0 bridgehead atoms. The minimum absolute atomic E-state index is 0.0256. The van der Waals surface area contributed by atoms with E-state index in [4.69, 9.17) is 10.5 Å². The van der Waals surface area contributed by atoms with Gasteiger partial charge in [-0.3, -0.25) is 4.79 Å². The van der Waals surface area contributed by atoms with Crippen LogP contribution in [0.15, 0.2) is 18.2 Å². The quantitative estimate of drug-likeness (QED) is 0.894. The first-order valence-corrected chi connectivity index (χ1v) is 7.33. The van der Waals surface area contributed by atoms with E-state index in [2.05, 4.69) is 5.32 Å². The Kier molecular flexibility index (Phi) is 3.58. The Morgan fingerprint density at radius 3 is 3.10 bits per heavy atom. The smallest absolute Gasteiger partial charge is 0.263 e. The number of benzene rings is 1. The van der Waals surface area contributed by atoms with E-state index in [1.54, 1.807) is 6.07 Å². The summed E-state index contributed by atoms with van der Waals surface area (Å²) in [6.45, 7) is 1.28. The van der Waals surface area contributed by atoms with Crippen LogP contribution in [-0.4, -0.2) is 25.2 Å². The monoisotopic (exact) mass is 294 g/mol. The third kappa shape index (κ3) is 2.48. The number of nitrogen functional groups attached to an aromatic ring is 1. The lowest BCUT2D eigenvalue weighted by Crippen LogP contribution is -2.40. The topological polar surface area (TPSA) is 64.4 Å². The van der Waals surface area contributed by atoms with E-state index in [1.807, 2.05) is 0 Å². The van der Waals surface area contributed by atoms with Crippen LogP contribution in [0.25, 0.3) is 10.1 Å². The Hall–Kier alpha value is -1.66. The molecule has 1 aromatic heterocycles. The Labute approximate surface area is 119 Å². The van der Waals surface area contributed by atoms with Crippen molar-refractivity contribution in [2.75, 3.05) is 18.9 Å². The summed E-state index contributed by atoms with van der Waals surface area (Å²) in [5, 5.41) is 3.52. The highest BCUT2D eigenvalue weighted by atomic mass is 32.1. The summed E-state index contributed by atoms with van der Waals surface area (Å²) in [7, 11) is 0. The minimum Gasteiger partial charge on any atom is -0.397 e. The Balaban J connectivity index is 1.85. The molecule has 6 heteroatoms. The predicted octanol–water partition coefficient (Wildman–Crippen LogP) is 2.53. The second-order valence-corrected chi connectivity index (χ2v) is 5.93. The maximum absolute atomic E-state index is 13.2. The molecule has 20 heavy (non-hydrogen) atoms. The SMILES string of the molecule is Nc1c(C(=O)NC2CCCOC2)sc2ccc(F)cc12. The number of amides is 1. The van der Waals surface area contributed by atoms with Crippen molar-refractivity contribution in [2.24, 2.45) is 0 Å². The number of anilines is 1. The van der Waals surface area contributed by atoms with Crippen LogP contribution in [0, 0.1) is 5.82 Å². The summed E-state index contributed by atoms with van der Waals surface area (Å²) >= 11 is 1.28. The Bertz CT molecular complexity index is 650. The van der Waals surface area contributed by atoms with Gasteiger partial charge in [-0.05, 0) is 31.0 Å². The molecule has 1 atom stereocenters. The molecule has 3 rings (SSSR count). The van der Waals surface area contributed by atoms with Crippen LogP contribution in [-0.2, 0) is 4.74 Å². The summed E-state index contributed by atoms with van der Waals surface area (Å²) in [5.41, 5.74) is 6.31. The molecule has 0 aliphatic carbocycles. The van der Waals surface area contributed by atoms with Crippen molar-refractivity contribution in [2.45, 2.75) is 18.9 Å². The van der Waals surface area contributed by atoms with E-state index in [0.717, 1.165) is 24.1 Å². The third-order valence-corrected chi connectivity index (χ3v) is 4.58. The van der Waals surface area contributed by atoms with Gasteiger partial charge in [0.25, 0.3) is 5.91 Å². The highest BCUT2D eigenvalue weighted by molar-refractivity contribution is 7.21. The van der Waals surface area contributed by atoms with Gasteiger partial charge in [0.15, 0.2) is 0 Å².